The predicted octanol–water partition coefficient (Wildman–Crippen LogP) is 3.52. The van der Waals surface area contributed by atoms with Gasteiger partial charge in [-0.3, -0.25) is 14.6 Å². The van der Waals surface area contributed by atoms with Crippen LogP contribution >= 0.6 is 24.0 Å². The highest BCUT2D eigenvalue weighted by Crippen LogP contribution is 2.26. The first-order chi connectivity index (χ1) is 15.1. The Hall–Kier alpha value is -1.65. The molecule has 2 atom stereocenters. The number of guanidine groups is 1. The highest BCUT2D eigenvalue weighted by Gasteiger charge is 2.27. The minimum absolute atomic E-state index is 0. The lowest BCUT2D eigenvalue weighted by Crippen LogP contribution is -2.48. The molecule has 0 radical (unpaired) electrons. The molecule has 1 aromatic heterocycles. The van der Waals surface area contributed by atoms with Crippen molar-refractivity contribution in [3.63, 3.8) is 0 Å². The molecule has 8 heteroatoms. The number of ether oxygens (including phenoxy) is 1. The van der Waals surface area contributed by atoms with Crippen LogP contribution in [0.5, 0.6) is 0 Å². The first-order valence-corrected chi connectivity index (χ1v) is 11.6. The van der Waals surface area contributed by atoms with Gasteiger partial charge in [0.25, 0.3) is 0 Å². The number of morpholine rings is 1. The van der Waals surface area contributed by atoms with Crippen LogP contribution in [0.15, 0.2) is 41.7 Å². The molecule has 0 aliphatic carbocycles. The van der Waals surface area contributed by atoms with Gasteiger partial charge in [0.1, 0.15) is 6.10 Å². The van der Waals surface area contributed by atoms with E-state index >= 15 is 0 Å². The van der Waals surface area contributed by atoms with Gasteiger partial charge in [0.05, 0.1) is 31.9 Å². The van der Waals surface area contributed by atoms with Gasteiger partial charge >= 0.3 is 0 Å². The van der Waals surface area contributed by atoms with Gasteiger partial charge in [0.15, 0.2) is 5.96 Å². The van der Waals surface area contributed by atoms with Crippen molar-refractivity contribution in [1.29, 1.82) is 0 Å². The number of likely N-dealkylation sites (tertiary alicyclic amines) is 1. The summed E-state index contributed by atoms with van der Waals surface area (Å²) in [7, 11) is 1.94. The van der Waals surface area contributed by atoms with Crippen molar-refractivity contribution in [3.8, 4) is 0 Å². The van der Waals surface area contributed by atoms with Gasteiger partial charge in [-0.05, 0) is 45.3 Å². The molecule has 2 unspecified atom stereocenters. The number of aromatic nitrogens is 2. The van der Waals surface area contributed by atoms with Crippen molar-refractivity contribution < 1.29 is 4.74 Å². The van der Waals surface area contributed by atoms with Gasteiger partial charge in [0.2, 0.25) is 0 Å². The zero-order valence-electron chi connectivity index (χ0n) is 19.5. The van der Waals surface area contributed by atoms with Gasteiger partial charge in [-0.15, -0.1) is 24.0 Å². The van der Waals surface area contributed by atoms with Crippen LogP contribution in [0.1, 0.15) is 48.6 Å². The van der Waals surface area contributed by atoms with E-state index in [1.165, 1.54) is 24.0 Å². The Morgan fingerprint density at radius 2 is 1.97 bits per heavy atom. The SMILES string of the molecule is CCNC(=NCC(c1ccc(C)cc1)N1CCCC1)N1CCOC(c2cnn(C)c2)C1.I. The third-order valence-electron chi connectivity index (χ3n) is 6.26. The summed E-state index contributed by atoms with van der Waals surface area (Å²) in [5.74, 6) is 0.982. The summed E-state index contributed by atoms with van der Waals surface area (Å²) < 4.78 is 7.87. The summed E-state index contributed by atoms with van der Waals surface area (Å²) in [6, 6.07) is 9.30. The molecule has 0 amide bonds. The highest BCUT2D eigenvalue weighted by molar-refractivity contribution is 14.0. The monoisotopic (exact) mass is 552 g/mol. The van der Waals surface area contributed by atoms with Gasteiger partial charge in [-0.1, -0.05) is 29.8 Å². The fraction of sp³-hybridized carbons (Fsp3) is 0.583. The second-order valence-electron chi connectivity index (χ2n) is 8.62. The van der Waals surface area contributed by atoms with E-state index in [4.69, 9.17) is 9.73 Å². The van der Waals surface area contributed by atoms with Gasteiger partial charge in [0, 0.05) is 31.9 Å². The summed E-state index contributed by atoms with van der Waals surface area (Å²) in [6.07, 6.45) is 6.53. The highest BCUT2D eigenvalue weighted by atomic mass is 127. The normalized spacial score (nSPS) is 20.8. The topological polar surface area (TPSA) is 57.9 Å². The molecular weight excluding hydrogens is 515 g/mol. The number of nitrogens with zero attached hydrogens (tertiary/aromatic N) is 5. The van der Waals surface area contributed by atoms with Crippen molar-refractivity contribution in [1.82, 2.24) is 24.9 Å². The third kappa shape index (κ3) is 6.23. The molecule has 2 fully saturated rings. The Labute approximate surface area is 209 Å². The lowest BCUT2D eigenvalue weighted by atomic mass is 10.0. The van der Waals surface area contributed by atoms with Crippen LogP contribution in [-0.2, 0) is 11.8 Å². The van der Waals surface area contributed by atoms with Crippen LogP contribution in [0, 0.1) is 6.92 Å². The van der Waals surface area contributed by atoms with Crippen LogP contribution in [0.25, 0.3) is 0 Å². The first-order valence-electron chi connectivity index (χ1n) is 11.6. The van der Waals surface area contributed by atoms with E-state index in [9.17, 15) is 0 Å². The van der Waals surface area contributed by atoms with E-state index in [1.54, 1.807) is 0 Å². The molecule has 32 heavy (non-hydrogen) atoms. The summed E-state index contributed by atoms with van der Waals surface area (Å²) in [6.45, 7) is 10.5. The number of hydrogen-bond donors (Lipinski definition) is 1. The number of aryl methyl sites for hydroxylation is 2. The Balaban J connectivity index is 0.00000289. The number of hydrogen-bond acceptors (Lipinski definition) is 4. The minimum atomic E-state index is 0. The van der Waals surface area contributed by atoms with E-state index in [2.05, 4.69) is 58.3 Å². The fourth-order valence-corrected chi connectivity index (χ4v) is 4.52. The summed E-state index contributed by atoms with van der Waals surface area (Å²) >= 11 is 0. The molecule has 2 aliphatic rings. The van der Waals surface area contributed by atoms with Crippen molar-refractivity contribution >= 4 is 29.9 Å². The molecule has 2 saturated heterocycles. The van der Waals surface area contributed by atoms with E-state index in [0.29, 0.717) is 12.6 Å². The molecule has 4 rings (SSSR count). The smallest absolute Gasteiger partial charge is 0.194 e. The largest absolute Gasteiger partial charge is 0.370 e. The zero-order chi connectivity index (χ0) is 21.6. The number of halogens is 1. The second-order valence-corrected chi connectivity index (χ2v) is 8.62. The number of aliphatic imine (C=N–C) groups is 1. The maximum absolute atomic E-state index is 6.04. The van der Waals surface area contributed by atoms with E-state index < -0.39 is 0 Å². The van der Waals surface area contributed by atoms with Gasteiger partial charge < -0.3 is 15.0 Å². The van der Waals surface area contributed by atoms with Gasteiger partial charge in [-0.25, -0.2) is 0 Å². The lowest BCUT2D eigenvalue weighted by molar-refractivity contribution is -0.00808. The quantitative estimate of drug-likeness (QED) is 0.338. The molecule has 1 aromatic carbocycles. The molecular formula is C24H37IN6O. The maximum atomic E-state index is 6.04. The summed E-state index contributed by atoms with van der Waals surface area (Å²) in [5.41, 5.74) is 3.79. The Morgan fingerprint density at radius 3 is 2.62 bits per heavy atom. The number of rotatable bonds is 6. The Kier molecular flexibility index (Phi) is 9.36. The lowest BCUT2D eigenvalue weighted by Gasteiger charge is -2.35. The standard InChI is InChI=1S/C24H36N6O.HI/c1-4-25-24(30-13-14-31-23(18-30)21-15-27-28(3)17-21)26-16-22(29-11-5-6-12-29)20-9-7-19(2)8-10-20;/h7-10,15,17,22-23H,4-6,11-14,16,18H2,1-3H3,(H,25,26);1H. The van der Waals surface area contributed by atoms with Crippen molar-refractivity contribution in [3.05, 3.63) is 53.3 Å². The van der Waals surface area contributed by atoms with Crippen LogP contribution in [0.2, 0.25) is 0 Å². The van der Waals surface area contributed by atoms with E-state index in [1.807, 2.05) is 24.1 Å². The van der Waals surface area contributed by atoms with Crippen LogP contribution in [0.4, 0.5) is 0 Å². The Morgan fingerprint density at radius 1 is 1.22 bits per heavy atom. The van der Waals surface area contributed by atoms with Crippen molar-refractivity contribution in [2.75, 3.05) is 45.9 Å². The Bertz CT molecular complexity index is 862. The summed E-state index contributed by atoms with van der Waals surface area (Å²) in [5, 5.41) is 7.83. The number of nitrogens with one attached hydrogen (secondary N) is 1. The van der Waals surface area contributed by atoms with Crippen LogP contribution < -0.4 is 5.32 Å². The zero-order valence-corrected chi connectivity index (χ0v) is 21.9. The van der Waals surface area contributed by atoms with Crippen LogP contribution in [-0.4, -0.2) is 71.4 Å². The molecule has 3 heterocycles. The fourth-order valence-electron chi connectivity index (χ4n) is 4.52. The molecule has 176 valence electrons. The molecule has 2 aliphatic heterocycles. The van der Waals surface area contributed by atoms with Crippen molar-refractivity contribution in [2.24, 2.45) is 12.0 Å². The molecule has 7 nitrogen and oxygen atoms in total. The third-order valence-corrected chi connectivity index (χ3v) is 6.26. The molecule has 0 saturated carbocycles. The van der Waals surface area contributed by atoms with E-state index in [0.717, 1.165) is 50.8 Å². The molecule has 0 bridgehead atoms. The minimum Gasteiger partial charge on any atom is -0.370 e. The molecule has 1 N–H and O–H groups in total. The summed E-state index contributed by atoms with van der Waals surface area (Å²) in [4.78, 5) is 10.1. The van der Waals surface area contributed by atoms with Gasteiger partial charge in [-0.2, -0.15) is 5.10 Å². The predicted molar refractivity (Wildman–Crippen MR) is 140 cm³/mol. The number of benzene rings is 1. The van der Waals surface area contributed by atoms with Crippen molar-refractivity contribution in [2.45, 2.75) is 38.8 Å². The average molecular weight is 553 g/mol. The van der Waals surface area contributed by atoms with Crippen LogP contribution in [0.3, 0.4) is 0 Å². The molecule has 0 spiro atoms. The molecule has 2 aromatic rings. The maximum Gasteiger partial charge on any atom is 0.194 e. The second kappa shape index (κ2) is 12.0. The average Bonchev–Trinajstić information content (AvgIpc) is 3.47. The first kappa shape index (κ1) is 25.0. The van der Waals surface area contributed by atoms with E-state index in [-0.39, 0.29) is 30.1 Å².